The van der Waals surface area contributed by atoms with Gasteiger partial charge in [0.2, 0.25) is 15.9 Å². The molecule has 6 nitrogen and oxygen atoms in total. The second-order valence-corrected chi connectivity index (χ2v) is 8.17. The van der Waals surface area contributed by atoms with Crippen molar-refractivity contribution in [2.24, 2.45) is 5.92 Å². The van der Waals surface area contributed by atoms with Crippen LogP contribution in [0.4, 0.5) is 5.69 Å². The molecule has 1 amide bonds. The molecular weight excluding hydrogens is 350 g/mol. The average Bonchev–Trinajstić information content (AvgIpc) is 2.61. The van der Waals surface area contributed by atoms with Crippen molar-refractivity contribution < 1.29 is 13.2 Å². The van der Waals surface area contributed by atoms with Gasteiger partial charge in [0, 0.05) is 24.6 Å². The maximum atomic E-state index is 12.2. The number of hydrogen-bond acceptors (Lipinski definition) is 4. The third kappa shape index (κ3) is 6.84. The van der Waals surface area contributed by atoms with Crippen LogP contribution >= 0.6 is 0 Å². The minimum atomic E-state index is -3.58. The summed E-state index contributed by atoms with van der Waals surface area (Å²) in [6.45, 7) is 4.05. The van der Waals surface area contributed by atoms with Gasteiger partial charge in [0.05, 0.1) is 11.7 Å². The first-order chi connectivity index (χ1) is 12.4. The predicted molar refractivity (Wildman–Crippen MR) is 103 cm³/mol. The van der Waals surface area contributed by atoms with Crippen molar-refractivity contribution in [1.82, 2.24) is 10.3 Å². The maximum absolute atomic E-state index is 12.2. The number of hydrogen-bond donors (Lipinski definition) is 2. The Morgan fingerprint density at radius 2 is 1.92 bits per heavy atom. The van der Waals surface area contributed by atoms with Crippen LogP contribution in [0.5, 0.6) is 0 Å². The highest BCUT2D eigenvalue weighted by Crippen LogP contribution is 2.12. The summed E-state index contributed by atoms with van der Waals surface area (Å²) in [6.07, 6.45) is 5.11. The quantitative estimate of drug-likeness (QED) is 0.659. The van der Waals surface area contributed by atoms with Crippen molar-refractivity contribution in [3.63, 3.8) is 0 Å². The van der Waals surface area contributed by atoms with Crippen molar-refractivity contribution in [3.05, 3.63) is 59.9 Å². The van der Waals surface area contributed by atoms with Crippen LogP contribution in [-0.2, 0) is 21.2 Å². The summed E-state index contributed by atoms with van der Waals surface area (Å²) in [4.78, 5) is 16.2. The summed E-state index contributed by atoms with van der Waals surface area (Å²) >= 11 is 0. The van der Waals surface area contributed by atoms with E-state index in [1.165, 1.54) is 0 Å². The van der Waals surface area contributed by atoms with Gasteiger partial charge in [-0.25, -0.2) is 8.42 Å². The molecule has 1 aromatic carbocycles. The standard InChI is InChI=1S/C19H25N3O3S/c1-15-7-9-18(10-8-15)22-26(24,25)14-16(2)19(23)21-12-4-6-17-5-3-11-20-13-17/h3,5,7-11,13,16,22H,4,6,12,14H2,1-2H3,(H,21,23). The van der Waals surface area contributed by atoms with Gasteiger partial charge >= 0.3 is 0 Å². The van der Waals surface area contributed by atoms with E-state index in [4.69, 9.17) is 0 Å². The molecule has 1 heterocycles. The molecule has 0 aliphatic carbocycles. The fourth-order valence-electron chi connectivity index (χ4n) is 2.47. The lowest BCUT2D eigenvalue weighted by Crippen LogP contribution is -2.35. The van der Waals surface area contributed by atoms with Gasteiger partial charge in [0.15, 0.2) is 0 Å². The number of nitrogens with zero attached hydrogens (tertiary/aromatic N) is 1. The molecule has 0 radical (unpaired) electrons. The summed E-state index contributed by atoms with van der Waals surface area (Å²) in [6, 6.07) is 10.9. The predicted octanol–water partition coefficient (Wildman–Crippen LogP) is 2.52. The number of anilines is 1. The van der Waals surface area contributed by atoms with Crippen LogP contribution in [0.25, 0.3) is 0 Å². The lowest BCUT2D eigenvalue weighted by atomic mass is 10.1. The summed E-state index contributed by atoms with van der Waals surface area (Å²) in [5.41, 5.74) is 2.66. The fraction of sp³-hybridized carbons (Fsp3) is 0.368. The van der Waals surface area contributed by atoms with Gasteiger partial charge in [-0.05, 0) is 43.5 Å². The third-order valence-electron chi connectivity index (χ3n) is 3.91. The highest BCUT2D eigenvalue weighted by atomic mass is 32.2. The summed E-state index contributed by atoms with van der Waals surface area (Å²) in [5, 5.41) is 2.80. The van der Waals surface area contributed by atoms with Crippen LogP contribution in [-0.4, -0.2) is 31.6 Å². The molecule has 1 atom stereocenters. The molecule has 1 unspecified atom stereocenters. The van der Waals surface area contributed by atoms with Gasteiger partial charge < -0.3 is 5.32 Å². The van der Waals surface area contributed by atoms with E-state index in [-0.39, 0.29) is 11.7 Å². The lowest BCUT2D eigenvalue weighted by Gasteiger charge is -2.14. The first-order valence-electron chi connectivity index (χ1n) is 8.59. The number of sulfonamides is 1. The molecule has 2 N–H and O–H groups in total. The normalized spacial score (nSPS) is 12.4. The molecule has 0 saturated heterocycles. The number of amides is 1. The Balaban J connectivity index is 1.75. The number of benzene rings is 1. The molecule has 7 heteroatoms. The van der Waals surface area contributed by atoms with E-state index in [9.17, 15) is 13.2 Å². The van der Waals surface area contributed by atoms with E-state index >= 15 is 0 Å². The molecule has 26 heavy (non-hydrogen) atoms. The molecule has 2 rings (SSSR count). The topological polar surface area (TPSA) is 88.2 Å². The van der Waals surface area contributed by atoms with E-state index in [2.05, 4.69) is 15.0 Å². The van der Waals surface area contributed by atoms with Gasteiger partial charge in [-0.15, -0.1) is 0 Å². The minimum absolute atomic E-state index is 0.255. The van der Waals surface area contributed by atoms with Gasteiger partial charge in [-0.3, -0.25) is 14.5 Å². The van der Waals surface area contributed by atoms with E-state index < -0.39 is 15.9 Å². The number of nitrogens with one attached hydrogen (secondary N) is 2. The SMILES string of the molecule is Cc1ccc(NS(=O)(=O)CC(C)C(=O)NCCCc2cccnc2)cc1. The van der Waals surface area contributed by atoms with Crippen molar-refractivity contribution >= 4 is 21.6 Å². The minimum Gasteiger partial charge on any atom is -0.356 e. The molecule has 0 saturated carbocycles. The number of carbonyl (C=O) groups excluding carboxylic acids is 1. The van der Waals surface area contributed by atoms with Crippen LogP contribution in [0.1, 0.15) is 24.5 Å². The summed E-state index contributed by atoms with van der Waals surface area (Å²) in [7, 11) is -3.58. The Hall–Kier alpha value is -2.41. The molecule has 0 bridgehead atoms. The van der Waals surface area contributed by atoms with E-state index in [0.717, 1.165) is 24.0 Å². The van der Waals surface area contributed by atoms with Crippen LogP contribution in [0, 0.1) is 12.8 Å². The molecule has 0 fully saturated rings. The van der Waals surface area contributed by atoms with E-state index in [1.807, 2.05) is 31.2 Å². The van der Waals surface area contributed by atoms with Crippen LogP contribution < -0.4 is 10.0 Å². The maximum Gasteiger partial charge on any atom is 0.233 e. The number of pyridine rings is 1. The number of aryl methyl sites for hydroxylation is 2. The average molecular weight is 375 g/mol. The summed E-state index contributed by atoms with van der Waals surface area (Å²) < 4.78 is 26.9. The van der Waals surface area contributed by atoms with Crippen molar-refractivity contribution in [2.75, 3.05) is 17.0 Å². The van der Waals surface area contributed by atoms with E-state index in [1.54, 1.807) is 31.5 Å². The van der Waals surface area contributed by atoms with Crippen LogP contribution in [0.2, 0.25) is 0 Å². The number of aromatic nitrogens is 1. The Morgan fingerprint density at radius 3 is 2.58 bits per heavy atom. The lowest BCUT2D eigenvalue weighted by molar-refractivity contribution is -0.123. The van der Waals surface area contributed by atoms with Crippen molar-refractivity contribution in [2.45, 2.75) is 26.7 Å². The smallest absolute Gasteiger partial charge is 0.233 e. The van der Waals surface area contributed by atoms with Gasteiger partial charge in [0.1, 0.15) is 0 Å². The van der Waals surface area contributed by atoms with Gasteiger partial charge in [0.25, 0.3) is 0 Å². The molecule has 1 aromatic heterocycles. The molecule has 2 aromatic rings. The largest absolute Gasteiger partial charge is 0.356 e. The molecule has 0 spiro atoms. The zero-order chi connectivity index (χ0) is 19.0. The Kier molecular flexibility index (Phi) is 7.15. The second kappa shape index (κ2) is 9.33. The Labute approximate surface area is 155 Å². The number of rotatable bonds is 9. The van der Waals surface area contributed by atoms with Crippen molar-refractivity contribution in [3.8, 4) is 0 Å². The fourth-order valence-corrected chi connectivity index (χ4v) is 3.86. The molecular formula is C19H25N3O3S. The van der Waals surface area contributed by atoms with E-state index in [0.29, 0.717) is 12.2 Å². The molecule has 0 aliphatic heterocycles. The highest BCUT2D eigenvalue weighted by molar-refractivity contribution is 7.92. The first kappa shape index (κ1) is 19.9. The Morgan fingerprint density at radius 1 is 1.19 bits per heavy atom. The number of carbonyl (C=O) groups is 1. The zero-order valence-corrected chi connectivity index (χ0v) is 15.9. The molecule has 0 aliphatic rings. The Bertz CT molecular complexity index is 806. The van der Waals surface area contributed by atoms with Crippen LogP contribution in [0.15, 0.2) is 48.8 Å². The zero-order valence-electron chi connectivity index (χ0n) is 15.1. The van der Waals surface area contributed by atoms with Gasteiger partial charge in [-0.1, -0.05) is 30.7 Å². The van der Waals surface area contributed by atoms with Crippen LogP contribution in [0.3, 0.4) is 0 Å². The monoisotopic (exact) mass is 375 g/mol. The highest BCUT2D eigenvalue weighted by Gasteiger charge is 2.21. The van der Waals surface area contributed by atoms with Crippen molar-refractivity contribution in [1.29, 1.82) is 0 Å². The summed E-state index contributed by atoms with van der Waals surface area (Å²) in [5.74, 6) is -1.14. The second-order valence-electron chi connectivity index (χ2n) is 6.41. The van der Waals surface area contributed by atoms with Gasteiger partial charge in [-0.2, -0.15) is 0 Å². The third-order valence-corrected chi connectivity index (χ3v) is 5.39. The molecule has 140 valence electrons. The first-order valence-corrected chi connectivity index (χ1v) is 10.2.